The van der Waals surface area contributed by atoms with Gasteiger partial charge in [-0.25, -0.2) is 0 Å². The van der Waals surface area contributed by atoms with Gasteiger partial charge in [-0.3, -0.25) is 4.79 Å². The SMILES string of the molecule is CN(CCN1CCCC1)C(=O)C1C=CC(N)C1. The van der Waals surface area contributed by atoms with E-state index in [0.717, 1.165) is 19.5 Å². The fourth-order valence-electron chi connectivity index (χ4n) is 2.60. The quantitative estimate of drug-likeness (QED) is 0.722. The van der Waals surface area contributed by atoms with E-state index in [1.54, 1.807) is 0 Å². The van der Waals surface area contributed by atoms with Crippen molar-refractivity contribution < 1.29 is 4.79 Å². The highest BCUT2D eigenvalue weighted by Crippen LogP contribution is 2.18. The third-order valence-electron chi connectivity index (χ3n) is 3.76. The zero-order valence-electron chi connectivity index (χ0n) is 10.6. The van der Waals surface area contributed by atoms with Crippen LogP contribution in [0.2, 0.25) is 0 Å². The maximum absolute atomic E-state index is 12.1. The molecule has 0 aromatic heterocycles. The van der Waals surface area contributed by atoms with Crippen molar-refractivity contribution in [3.05, 3.63) is 12.2 Å². The molecule has 1 aliphatic carbocycles. The molecule has 0 bridgehead atoms. The summed E-state index contributed by atoms with van der Waals surface area (Å²) < 4.78 is 0. The average molecular weight is 237 g/mol. The number of likely N-dealkylation sites (N-methyl/N-ethyl adjacent to an activating group) is 1. The second-order valence-corrected chi connectivity index (χ2v) is 5.20. The van der Waals surface area contributed by atoms with Crippen LogP contribution < -0.4 is 5.73 Å². The van der Waals surface area contributed by atoms with Crippen LogP contribution in [-0.2, 0) is 4.79 Å². The Labute approximate surface area is 103 Å². The number of likely N-dealkylation sites (tertiary alicyclic amines) is 1. The van der Waals surface area contributed by atoms with E-state index in [2.05, 4.69) is 4.90 Å². The summed E-state index contributed by atoms with van der Waals surface area (Å²) in [4.78, 5) is 16.4. The van der Waals surface area contributed by atoms with Crippen molar-refractivity contribution in [2.24, 2.45) is 11.7 Å². The molecule has 1 aliphatic heterocycles. The Morgan fingerprint density at radius 2 is 2.12 bits per heavy atom. The standard InChI is InChI=1S/C13H23N3O/c1-15(8-9-16-6-2-3-7-16)13(17)11-4-5-12(14)10-11/h4-5,11-12H,2-3,6-10,14H2,1H3. The minimum Gasteiger partial charge on any atom is -0.344 e. The number of carbonyl (C=O) groups is 1. The smallest absolute Gasteiger partial charge is 0.229 e. The lowest BCUT2D eigenvalue weighted by atomic mass is 10.1. The van der Waals surface area contributed by atoms with Crippen LogP contribution in [0.4, 0.5) is 0 Å². The normalized spacial score (nSPS) is 28.8. The lowest BCUT2D eigenvalue weighted by Gasteiger charge is -2.23. The summed E-state index contributed by atoms with van der Waals surface area (Å²) in [5, 5.41) is 0. The molecule has 1 heterocycles. The third-order valence-corrected chi connectivity index (χ3v) is 3.76. The molecule has 1 fully saturated rings. The van der Waals surface area contributed by atoms with Gasteiger partial charge in [-0.1, -0.05) is 12.2 Å². The highest BCUT2D eigenvalue weighted by molar-refractivity contribution is 5.81. The Bertz CT molecular complexity index is 297. The molecule has 0 aromatic carbocycles. The van der Waals surface area contributed by atoms with Crippen molar-refractivity contribution in [1.82, 2.24) is 9.80 Å². The van der Waals surface area contributed by atoms with Crippen molar-refractivity contribution in [3.63, 3.8) is 0 Å². The molecule has 17 heavy (non-hydrogen) atoms. The van der Waals surface area contributed by atoms with E-state index in [9.17, 15) is 4.79 Å². The maximum Gasteiger partial charge on any atom is 0.229 e. The second kappa shape index (κ2) is 5.65. The Morgan fingerprint density at radius 3 is 2.71 bits per heavy atom. The van der Waals surface area contributed by atoms with Gasteiger partial charge in [0.05, 0.1) is 5.92 Å². The lowest BCUT2D eigenvalue weighted by Crippen LogP contribution is -2.38. The molecule has 2 unspecified atom stereocenters. The van der Waals surface area contributed by atoms with E-state index in [4.69, 9.17) is 5.73 Å². The topological polar surface area (TPSA) is 49.6 Å². The molecule has 4 nitrogen and oxygen atoms in total. The molecule has 0 radical (unpaired) electrons. The highest BCUT2D eigenvalue weighted by Gasteiger charge is 2.25. The van der Waals surface area contributed by atoms with Crippen LogP contribution in [0.3, 0.4) is 0 Å². The largest absolute Gasteiger partial charge is 0.344 e. The van der Waals surface area contributed by atoms with E-state index in [0.29, 0.717) is 0 Å². The number of nitrogens with zero attached hydrogens (tertiary/aromatic N) is 2. The fraction of sp³-hybridized carbons (Fsp3) is 0.769. The monoisotopic (exact) mass is 237 g/mol. The number of hydrogen-bond acceptors (Lipinski definition) is 3. The van der Waals surface area contributed by atoms with Crippen LogP contribution in [0.1, 0.15) is 19.3 Å². The van der Waals surface area contributed by atoms with Crippen molar-refractivity contribution in [1.29, 1.82) is 0 Å². The van der Waals surface area contributed by atoms with Gasteiger partial charge in [-0.2, -0.15) is 0 Å². The fourth-order valence-corrected chi connectivity index (χ4v) is 2.60. The number of carbonyl (C=O) groups excluding carboxylic acids is 1. The summed E-state index contributed by atoms with van der Waals surface area (Å²) in [7, 11) is 1.90. The molecular weight excluding hydrogens is 214 g/mol. The molecule has 0 aromatic rings. The Hall–Kier alpha value is -0.870. The van der Waals surface area contributed by atoms with Crippen LogP contribution in [0.5, 0.6) is 0 Å². The molecule has 2 atom stereocenters. The predicted octanol–water partition coefficient (Wildman–Crippen LogP) is 0.444. The van der Waals surface area contributed by atoms with Crippen LogP contribution in [0.15, 0.2) is 12.2 Å². The van der Waals surface area contributed by atoms with Crippen molar-refractivity contribution in [3.8, 4) is 0 Å². The molecule has 1 saturated heterocycles. The molecule has 96 valence electrons. The first-order valence-electron chi connectivity index (χ1n) is 6.58. The van der Waals surface area contributed by atoms with Gasteiger partial charge in [0.2, 0.25) is 5.91 Å². The number of nitrogens with two attached hydrogens (primary N) is 1. The van der Waals surface area contributed by atoms with Crippen molar-refractivity contribution in [2.75, 3.05) is 33.2 Å². The molecular formula is C13H23N3O. The second-order valence-electron chi connectivity index (χ2n) is 5.20. The summed E-state index contributed by atoms with van der Waals surface area (Å²) in [6.45, 7) is 4.22. The average Bonchev–Trinajstić information content (AvgIpc) is 2.95. The van der Waals surface area contributed by atoms with Gasteiger partial charge in [0.15, 0.2) is 0 Å². The Balaban J connectivity index is 1.73. The minimum atomic E-state index is 0.00794. The molecule has 1 amide bonds. The van der Waals surface area contributed by atoms with Gasteiger partial charge in [0.25, 0.3) is 0 Å². The van der Waals surface area contributed by atoms with Crippen molar-refractivity contribution >= 4 is 5.91 Å². The van der Waals surface area contributed by atoms with Crippen LogP contribution in [0, 0.1) is 5.92 Å². The number of amides is 1. The van der Waals surface area contributed by atoms with Gasteiger partial charge in [-0.15, -0.1) is 0 Å². The maximum atomic E-state index is 12.1. The van der Waals surface area contributed by atoms with E-state index < -0.39 is 0 Å². The highest BCUT2D eigenvalue weighted by atomic mass is 16.2. The first-order chi connectivity index (χ1) is 8.16. The zero-order valence-corrected chi connectivity index (χ0v) is 10.6. The molecule has 2 rings (SSSR count). The van der Waals surface area contributed by atoms with E-state index in [-0.39, 0.29) is 17.9 Å². The molecule has 2 aliphatic rings. The van der Waals surface area contributed by atoms with Gasteiger partial charge >= 0.3 is 0 Å². The number of hydrogen-bond donors (Lipinski definition) is 1. The number of rotatable bonds is 4. The van der Waals surface area contributed by atoms with Crippen LogP contribution in [0.25, 0.3) is 0 Å². The Kier molecular flexibility index (Phi) is 4.18. The molecule has 4 heteroatoms. The first kappa shape index (κ1) is 12.6. The molecule has 0 spiro atoms. The van der Waals surface area contributed by atoms with E-state index in [1.807, 2.05) is 24.1 Å². The van der Waals surface area contributed by atoms with E-state index >= 15 is 0 Å². The third kappa shape index (κ3) is 3.30. The summed E-state index contributed by atoms with van der Waals surface area (Å²) in [6.07, 6.45) is 7.28. The van der Waals surface area contributed by atoms with Gasteiger partial charge < -0.3 is 15.5 Å². The summed E-state index contributed by atoms with van der Waals surface area (Å²) in [5.41, 5.74) is 5.77. The predicted molar refractivity (Wildman–Crippen MR) is 68.5 cm³/mol. The Morgan fingerprint density at radius 1 is 1.41 bits per heavy atom. The summed E-state index contributed by atoms with van der Waals surface area (Å²) >= 11 is 0. The van der Waals surface area contributed by atoms with Gasteiger partial charge in [0, 0.05) is 26.2 Å². The van der Waals surface area contributed by atoms with E-state index in [1.165, 1.54) is 25.9 Å². The lowest BCUT2D eigenvalue weighted by molar-refractivity contribution is -0.132. The first-order valence-corrected chi connectivity index (χ1v) is 6.58. The minimum absolute atomic E-state index is 0.00794. The molecule has 0 saturated carbocycles. The van der Waals surface area contributed by atoms with Gasteiger partial charge in [0.1, 0.15) is 0 Å². The van der Waals surface area contributed by atoms with Gasteiger partial charge in [-0.05, 0) is 32.4 Å². The zero-order chi connectivity index (χ0) is 12.3. The summed E-state index contributed by atoms with van der Waals surface area (Å²) in [6, 6.07) is 0.0657. The summed E-state index contributed by atoms with van der Waals surface area (Å²) in [5.74, 6) is 0.224. The van der Waals surface area contributed by atoms with Crippen molar-refractivity contribution in [2.45, 2.75) is 25.3 Å². The molecule has 2 N–H and O–H groups in total. The van der Waals surface area contributed by atoms with Crippen LogP contribution >= 0.6 is 0 Å². The van der Waals surface area contributed by atoms with Crippen LogP contribution in [-0.4, -0.2) is 55.0 Å².